The second-order valence-electron chi connectivity index (χ2n) is 4.28. The lowest BCUT2D eigenvalue weighted by atomic mass is 10.1. The minimum absolute atomic E-state index is 0.0552. The summed E-state index contributed by atoms with van der Waals surface area (Å²) >= 11 is 12.0. The Balaban J connectivity index is 1.96. The van der Waals surface area contributed by atoms with Gasteiger partial charge in [0.25, 0.3) is 0 Å². The fourth-order valence-electron chi connectivity index (χ4n) is 1.74. The van der Waals surface area contributed by atoms with Crippen molar-refractivity contribution in [3.8, 4) is 0 Å². The van der Waals surface area contributed by atoms with E-state index < -0.39 is 0 Å². The minimum atomic E-state index is -0.355. The van der Waals surface area contributed by atoms with Crippen molar-refractivity contribution >= 4 is 34.9 Å². The predicted molar refractivity (Wildman–Crippen MR) is 80.8 cm³/mol. The summed E-state index contributed by atoms with van der Waals surface area (Å²) in [6.07, 6.45) is 0.160. The molecule has 0 radical (unpaired) electrons. The highest BCUT2D eigenvalue weighted by Gasteiger charge is 2.10. The molecule has 3 nitrogen and oxygen atoms in total. The van der Waals surface area contributed by atoms with Gasteiger partial charge in [0, 0.05) is 21.3 Å². The first-order valence-corrected chi connectivity index (χ1v) is 6.75. The second-order valence-corrected chi connectivity index (χ2v) is 5.10. The van der Waals surface area contributed by atoms with Gasteiger partial charge >= 0.3 is 5.97 Å². The quantitative estimate of drug-likeness (QED) is 0.689. The van der Waals surface area contributed by atoms with Crippen LogP contribution in [0.2, 0.25) is 10.0 Å². The third kappa shape index (κ3) is 3.89. The first kappa shape index (κ1) is 14.7. The van der Waals surface area contributed by atoms with E-state index in [-0.39, 0.29) is 19.0 Å². The molecule has 20 heavy (non-hydrogen) atoms. The lowest BCUT2D eigenvalue weighted by Gasteiger charge is -2.08. The molecule has 0 aliphatic heterocycles. The van der Waals surface area contributed by atoms with E-state index in [1.165, 1.54) is 0 Å². The van der Waals surface area contributed by atoms with Gasteiger partial charge in [0.2, 0.25) is 0 Å². The Hall–Kier alpha value is -1.71. The van der Waals surface area contributed by atoms with E-state index in [2.05, 4.69) is 0 Å². The van der Waals surface area contributed by atoms with E-state index in [9.17, 15) is 4.79 Å². The maximum absolute atomic E-state index is 11.8. The number of nitrogen functional groups attached to an aromatic ring is 1. The van der Waals surface area contributed by atoms with Crippen molar-refractivity contribution < 1.29 is 9.53 Å². The molecule has 0 heterocycles. The number of nitrogens with two attached hydrogens (primary N) is 1. The van der Waals surface area contributed by atoms with Crippen molar-refractivity contribution in [3.05, 3.63) is 63.6 Å². The molecule has 104 valence electrons. The highest BCUT2D eigenvalue weighted by atomic mass is 35.5. The first-order valence-electron chi connectivity index (χ1n) is 5.99. The third-order valence-electron chi connectivity index (χ3n) is 2.74. The number of carbonyl (C=O) groups excluding carboxylic acids is 1. The monoisotopic (exact) mass is 309 g/mol. The van der Waals surface area contributed by atoms with Gasteiger partial charge in [0.1, 0.15) is 6.61 Å². The molecule has 0 saturated carbocycles. The third-order valence-corrected chi connectivity index (χ3v) is 3.45. The van der Waals surface area contributed by atoms with E-state index in [1.807, 2.05) is 6.07 Å². The minimum Gasteiger partial charge on any atom is -0.460 e. The van der Waals surface area contributed by atoms with Crippen LogP contribution in [0, 0.1) is 0 Å². The average molecular weight is 310 g/mol. The Labute approximate surface area is 127 Å². The van der Waals surface area contributed by atoms with Crippen LogP contribution in [0.5, 0.6) is 0 Å². The molecule has 0 amide bonds. The van der Waals surface area contributed by atoms with Crippen LogP contribution in [0.1, 0.15) is 11.1 Å². The van der Waals surface area contributed by atoms with Crippen LogP contribution in [-0.2, 0) is 22.6 Å². The number of anilines is 1. The summed E-state index contributed by atoms with van der Waals surface area (Å²) in [5, 5.41) is 0.962. The van der Waals surface area contributed by atoms with Gasteiger partial charge in [-0.2, -0.15) is 0 Å². The fraction of sp³-hybridized carbons (Fsp3) is 0.133. The van der Waals surface area contributed by atoms with E-state index in [1.54, 1.807) is 36.4 Å². The molecular weight excluding hydrogens is 297 g/mol. The summed E-state index contributed by atoms with van der Waals surface area (Å²) < 4.78 is 5.18. The molecule has 0 bridgehead atoms. The Morgan fingerprint density at radius 2 is 1.75 bits per heavy atom. The van der Waals surface area contributed by atoms with Crippen LogP contribution < -0.4 is 5.73 Å². The van der Waals surface area contributed by atoms with Crippen molar-refractivity contribution in [2.24, 2.45) is 0 Å². The van der Waals surface area contributed by atoms with Crippen molar-refractivity contribution in [1.29, 1.82) is 0 Å². The van der Waals surface area contributed by atoms with E-state index in [0.717, 1.165) is 5.56 Å². The highest BCUT2D eigenvalue weighted by Crippen LogP contribution is 2.25. The highest BCUT2D eigenvalue weighted by molar-refractivity contribution is 6.35. The zero-order valence-electron chi connectivity index (χ0n) is 10.6. The summed E-state index contributed by atoms with van der Waals surface area (Å²) in [7, 11) is 0. The number of rotatable bonds is 4. The number of ether oxygens (including phenoxy) is 1. The maximum atomic E-state index is 11.8. The SMILES string of the molecule is Nc1cccc(CC(=O)OCc2c(Cl)cccc2Cl)c1. The Kier molecular flexibility index (Phi) is 4.88. The van der Waals surface area contributed by atoms with Gasteiger partial charge in [-0.05, 0) is 29.8 Å². The van der Waals surface area contributed by atoms with Crippen molar-refractivity contribution in [2.75, 3.05) is 5.73 Å². The fourth-order valence-corrected chi connectivity index (χ4v) is 2.25. The van der Waals surface area contributed by atoms with Gasteiger partial charge in [0.15, 0.2) is 0 Å². The van der Waals surface area contributed by atoms with Crippen molar-refractivity contribution in [1.82, 2.24) is 0 Å². The molecular formula is C15H13Cl2NO2. The van der Waals surface area contributed by atoms with Crippen LogP contribution in [0.25, 0.3) is 0 Å². The summed E-state index contributed by atoms with van der Waals surface area (Å²) in [4.78, 5) is 11.8. The normalized spacial score (nSPS) is 10.3. The Morgan fingerprint density at radius 3 is 2.40 bits per heavy atom. The van der Waals surface area contributed by atoms with Crippen LogP contribution in [0.4, 0.5) is 5.69 Å². The molecule has 2 aromatic rings. The molecule has 0 spiro atoms. The molecule has 0 aromatic heterocycles. The van der Waals surface area contributed by atoms with Crippen LogP contribution in [0.15, 0.2) is 42.5 Å². The molecule has 0 saturated heterocycles. The second kappa shape index (κ2) is 6.64. The predicted octanol–water partition coefficient (Wildman–Crippen LogP) is 3.86. The molecule has 5 heteroatoms. The number of esters is 1. The van der Waals surface area contributed by atoms with Crippen LogP contribution in [0.3, 0.4) is 0 Å². The average Bonchev–Trinajstić information content (AvgIpc) is 2.38. The first-order chi connectivity index (χ1) is 9.56. The van der Waals surface area contributed by atoms with Gasteiger partial charge in [-0.25, -0.2) is 0 Å². The van der Waals surface area contributed by atoms with Gasteiger partial charge in [-0.15, -0.1) is 0 Å². The zero-order chi connectivity index (χ0) is 14.5. The standard InChI is InChI=1S/C15H13Cl2NO2/c16-13-5-2-6-14(17)12(13)9-20-15(19)8-10-3-1-4-11(18)7-10/h1-7H,8-9,18H2. The molecule has 0 unspecified atom stereocenters. The molecule has 2 aromatic carbocycles. The summed E-state index contributed by atoms with van der Waals surface area (Å²) in [6, 6.07) is 12.3. The number of benzene rings is 2. The van der Waals surface area contributed by atoms with Gasteiger partial charge < -0.3 is 10.5 Å². The summed E-state index contributed by atoms with van der Waals surface area (Å²) in [5.74, 6) is -0.355. The molecule has 0 fully saturated rings. The molecule has 2 N–H and O–H groups in total. The van der Waals surface area contributed by atoms with Crippen LogP contribution in [-0.4, -0.2) is 5.97 Å². The Morgan fingerprint density at radius 1 is 1.10 bits per heavy atom. The van der Waals surface area contributed by atoms with Gasteiger partial charge in [0.05, 0.1) is 6.42 Å². The van der Waals surface area contributed by atoms with E-state index >= 15 is 0 Å². The maximum Gasteiger partial charge on any atom is 0.310 e. The number of halogens is 2. The van der Waals surface area contributed by atoms with Gasteiger partial charge in [-0.1, -0.05) is 41.4 Å². The molecule has 0 aliphatic rings. The molecule has 0 atom stereocenters. The van der Waals surface area contributed by atoms with E-state index in [4.69, 9.17) is 33.7 Å². The number of hydrogen-bond donors (Lipinski definition) is 1. The van der Waals surface area contributed by atoms with Crippen molar-refractivity contribution in [2.45, 2.75) is 13.0 Å². The topological polar surface area (TPSA) is 52.3 Å². The smallest absolute Gasteiger partial charge is 0.310 e. The zero-order valence-corrected chi connectivity index (χ0v) is 12.1. The van der Waals surface area contributed by atoms with Crippen molar-refractivity contribution in [3.63, 3.8) is 0 Å². The number of hydrogen-bond acceptors (Lipinski definition) is 3. The number of carbonyl (C=O) groups is 1. The van der Waals surface area contributed by atoms with Gasteiger partial charge in [-0.3, -0.25) is 4.79 Å². The largest absolute Gasteiger partial charge is 0.460 e. The lowest BCUT2D eigenvalue weighted by molar-refractivity contribution is -0.144. The Bertz CT molecular complexity index is 609. The summed E-state index contributed by atoms with van der Waals surface area (Å²) in [6.45, 7) is 0.0552. The van der Waals surface area contributed by atoms with E-state index in [0.29, 0.717) is 21.3 Å². The summed E-state index contributed by atoms with van der Waals surface area (Å²) in [5.41, 5.74) is 7.68. The molecule has 2 rings (SSSR count). The van der Waals surface area contributed by atoms with Crippen LogP contribution >= 0.6 is 23.2 Å². The lowest BCUT2D eigenvalue weighted by Crippen LogP contribution is -2.08. The molecule has 0 aliphatic carbocycles.